The molecule has 0 radical (unpaired) electrons. The number of nitrogens with zero attached hydrogens (tertiary/aromatic N) is 1. The van der Waals surface area contributed by atoms with Crippen LogP contribution in [0.1, 0.15) is 15.9 Å². The summed E-state index contributed by atoms with van der Waals surface area (Å²) >= 11 is 0. The number of nitrogens with one attached hydrogen (secondary N) is 1. The molecule has 0 heterocycles. The lowest BCUT2D eigenvalue weighted by atomic mass is 10.0. The fourth-order valence-electron chi connectivity index (χ4n) is 2.67. The minimum absolute atomic E-state index is 0.143. The summed E-state index contributed by atoms with van der Waals surface area (Å²) in [7, 11) is 0. The van der Waals surface area contributed by atoms with Crippen LogP contribution in [0.4, 0.5) is 16.2 Å². The zero-order chi connectivity index (χ0) is 20.8. The number of carbonyl (C=O) groups excluding carboxylic acids is 1. The third kappa shape index (κ3) is 4.95. The first-order chi connectivity index (χ1) is 13.9. The number of carboxylic acids is 1. The molecule has 0 fully saturated rings. The Morgan fingerprint density at radius 3 is 2.24 bits per heavy atom. The second-order valence-corrected chi connectivity index (χ2v) is 6.06. The first kappa shape index (κ1) is 19.6. The van der Waals surface area contributed by atoms with Gasteiger partial charge in [-0.2, -0.15) is 0 Å². The normalized spacial score (nSPS) is 10.2. The standard InChI is InChI=1S/C21H16N2O6/c24-20(25)18-11-8-16(12-19(18)23(27)28)15-6-9-17(10-7-15)22-21(26)29-13-14-4-2-1-3-5-14/h1-12H,13H2,(H,22,26)(H,24,25). The van der Waals surface area contributed by atoms with Crippen molar-refractivity contribution in [1.29, 1.82) is 0 Å². The third-order valence-corrected chi connectivity index (χ3v) is 4.10. The number of benzene rings is 3. The number of carboxylic acid groups (broad SMARTS) is 1. The van der Waals surface area contributed by atoms with Crippen molar-refractivity contribution in [2.24, 2.45) is 0 Å². The Morgan fingerprint density at radius 2 is 1.62 bits per heavy atom. The first-order valence-electron chi connectivity index (χ1n) is 8.54. The lowest BCUT2D eigenvalue weighted by Crippen LogP contribution is -2.13. The predicted molar refractivity (Wildman–Crippen MR) is 106 cm³/mol. The average molecular weight is 392 g/mol. The van der Waals surface area contributed by atoms with Gasteiger partial charge in [-0.05, 0) is 34.9 Å². The average Bonchev–Trinajstić information content (AvgIpc) is 2.73. The van der Waals surface area contributed by atoms with Crippen molar-refractivity contribution < 1.29 is 24.4 Å². The van der Waals surface area contributed by atoms with Gasteiger partial charge in [-0.3, -0.25) is 15.4 Å². The van der Waals surface area contributed by atoms with E-state index in [1.165, 1.54) is 18.2 Å². The van der Waals surface area contributed by atoms with Gasteiger partial charge in [-0.1, -0.05) is 48.5 Å². The van der Waals surface area contributed by atoms with Gasteiger partial charge in [-0.25, -0.2) is 9.59 Å². The van der Waals surface area contributed by atoms with Gasteiger partial charge in [0.05, 0.1) is 4.92 Å². The molecule has 0 aliphatic carbocycles. The van der Waals surface area contributed by atoms with Gasteiger partial charge in [0.15, 0.2) is 0 Å². The summed E-state index contributed by atoms with van der Waals surface area (Å²) in [6.45, 7) is 0.143. The maximum atomic E-state index is 11.9. The van der Waals surface area contributed by atoms with E-state index in [1.54, 1.807) is 24.3 Å². The molecule has 0 aliphatic rings. The number of ether oxygens (including phenoxy) is 1. The SMILES string of the molecule is O=C(Nc1ccc(-c2ccc(C(=O)O)c([N+](=O)[O-])c2)cc1)OCc1ccccc1. The fourth-order valence-corrected chi connectivity index (χ4v) is 2.67. The summed E-state index contributed by atoms with van der Waals surface area (Å²) in [6.07, 6.45) is -0.608. The van der Waals surface area contributed by atoms with E-state index in [0.29, 0.717) is 16.8 Å². The van der Waals surface area contributed by atoms with Gasteiger partial charge in [0.2, 0.25) is 0 Å². The van der Waals surface area contributed by atoms with Gasteiger partial charge in [0.1, 0.15) is 12.2 Å². The van der Waals surface area contributed by atoms with Crippen LogP contribution in [-0.2, 0) is 11.3 Å². The van der Waals surface area contributed by atoms with Crippen LogP contribution in [-0.4, -0.2) is 22.1 Å². The summed E-state index contributed by atoms with van der Waals surface area (Å²) in [6, 6.07) is 19.7. The summed E-state index contributed by atoms with van der Waals surface area (Å²) in [5, 5.41) is 22.8. The first-order valence-corrected chi connectivity index (χ1v) is 8.54. The van der Waals surface area contributed by atoms with E-state index < -0.39 is 22.7 Å². The van der Waals surface area contributed by atoms with Crippen LogP contribution in [0, 0.1) is 10.1 Å². The largest absolute Gasteiger partial charge is 0.477 e. The molecular weight excluding hydrogens is 376 g/mol. The Hall–Kier alpha value is -4.20. The molecule has 29 heavy (non-hydrogen) atoms. The molecule has 0 spiro atoms. The van der Waals surface area contributed by atoms with Gasteiger partial charge in [-0.15, -0.1) is 0 Å². The number of rotatable bonds is 6. The molecule has 0 saturated carbocycles. The molecule has 3 aromatic carbocycles. The van der Waals surface area contributed by atoms with Crippen molar-refractivity contribution in [1.82, 2.24) is 0 Å². The van der Waals surface area contributed by atoms with E-state index in [4.69, 9.17) is 9.84 Å². The Morgan fingerprint density at radius 1 is 0.966 bits per heavy atom. The lowest BCUT2D eigenvalue weighted by Gasteiger charge is -2.08. The summed E-state index contributed by atoms with van der Waals surface area (Å²) in [5.74, 6) is -1.36. The molecule has 0 unspecified atom stereocenters. The Labute approximate surface area is 165 Å². The van der Waals surface area contributed by atoms with E-state index in [9.17, 15) is 19.7 Å². The van der Waals surface area contributed by atoms with Crippen LogP contribution in [0.2, 0.25) is 0 Å². The number of amides is 1. The van der Waals surface area contributed by atoms with Crippen molar-refractivity contribution in [2.75, 3.05) is 5.32 Å². The van der Waals surface area contributed by atoms with Crippen molar-refractivity contribution in [3.8, 4) is 11.1 Å². The molecule has 0 bridgehead atoms. The van der Waals surface area contributed by atoms with E-state index in [2.05, 4.69) is 5.32 Å². The zero-order valence-electron chi connectivity index (χ0n) is 15.1. The minimum Gasteiger partial charge on any atom is -0.477 e. The number of nitro benzene ring substituents is 1. The number of carbonyl (C=O) groups is 2. The second kappa shape index (κ2) is 8.66. The van der Waals surface area contributed by atoms with Crippen LogP contribution >= 0.6 is 0 Å². The van der Waals surface area contributed by atoms with Crippen molar-refractivity contribution >= 4 is 23.4 Å². The van der Waals surface area contributed by atoms with Crippen molar-refractivity contribution in [3.05, 3.63) is 94.0 Å². The van der Waals surface area contributed by atoms with E-state index in [-0.39, 0.29) is 12.2 Å². The smallest absolute Gasteiger partial charge is 0.411 e. The van der Waals surface area contributed by atoms with E-state index in [1.807, 2.05) is 30.3 Å². The maximum absolute atomic E-state index is 11.9. The number of hydrogen-bond acceptors (Lipinski definition) is 5. The number of hydrogen-bond donors (Lipinski definition) is 2. The fraction of sp³-hybridized carbons (Fsp3) is 0.0476. The zero-order valence-corrected chi connectivity index (χ0v) is 15.1. The maximum Gasteiger partial charge on any atom is 0.411 e. The quantitative estimate of drug-likeness (QED) is 0.463. The molecule has 8 heteroatoms. The number of nitro groups is 1. The Balaban J connectivity index is 1.68. The molecule has 8 nitrogen and oxygen atoms in total. The highest BCUT2D eigenvalue weighted by atomic mass is 16.6. The monoisotopic (exact) mass is 392 g/mol. The second-order valence-electron chi connectivity index (χ2n) is 6.06. The van der Waals surface area contributed by atoms with Crippen LogP contribution in [0.3, 0.4) is 0 Å². The molecule has 1 amide bonds. The summed E-state index contributed by atoms with van der Waals surface area (Å²) < 4.78 is 5.14. The summed E-state index contributed by atoms with van der Waals surface area (Å²) in [5.41, 5.74) is 1.61. The minimum atomic E-state index is -1.36. The Kier molecular flexibility index (Phi) is 5.84. The number of anilines is 1. The number of aromatic carboxylic acids is 1. The lowest BCUT2D eigenvalue weighted by molar-refractivity contribution is -0.385. The summed E-state index contributed by atoms with van der Waals surface area (Å²) in [4.78, 5) is 33.4. The van der Waals surface area contributed by atoms with Crippen LogP contribution in [0.15, 0.2) is 72.8 Å². The van der Waals surface area contributed by atoms with E-state index >= 15 is 0 Å². The molecule has 2 N–H and O–H groups in total. The third-order valence-electron chi connectivity index (χ3n) is 4.10. The molecule has 3 aromatic rings. The van der Waals surface area contributed by atoms with Crippen molar-refractivity contribution in [2.45, 2.75) is 6.61 Å². The van der Waals surface area contributed by atoms with Crippen LogP contribution in [0.25, 0.3) is 11.1 Å². The van der Waals surface area contributed by atoms with Gasteiger partial charge in [0, 0.05) is 11.8 Å². The highest BCUT2D eigenvalue weighted by molar-refractivity contribution is 5.93. The predicted octanol–water partition coefficient (Wildman–Crippen LogP) is 4.71. The molecule has 146 valence electrons. The molecule has 3 rings (SSSR count). The van der Waals surface area contributed by atoms with Crippen LogP contribution in [0.5, 0.6) is 0 Å². The van der Waals surface area contributed by atoms with Crippen molar-refractivity contribution in [3.63, 3.8) is 0 Å². The highest BCUT2D eigenvalue weighted by Gasteiger charge is 2.20. The molecular formula is C21H16N2O6. The molecule has 0 aromatic heterocycles. The topological polar surface area (TPSA) is 119 Å². The van der Waals surface area contributed by atoms with E-state index in [0.717, 1.165) is 5.56 Å². The van der Waals surface area contributed by atoms with Gasteiger partial charge >= 0.3 is 12.1 Å². The van der Waals surface area contributed by atoms with Gasteiger partial charge in [0.25, 0.3) is 5.69 Å². The molecule has 0 aliphatic heterocycles. The highest BCUT2D eigenvalue weighted by Crippen LogP contribution is 2.28. The molecule has 0 atom stereocenters. The van der Waals surface area contributed by atoms with Crippen LogP contribution < -0.4 is 5.32 Å². The molecule has 0 saturated heterocycles. The van der Waals surface area contributed by atoms with Gasteiger partial charge < -0.3 is 9.84 Å². The Bertz CT molecular complexity index is 1050.